The molecule has 0 bridgehead atoms. The average molecular weight is 388 g/mol. The third-order valence-electron chi connectivity index (χ3n) is 3.51. The summed E-state index contributed by atoms with van der Waals surface area (Å²) in [6.07, 6.45) is 0. The third-order valence-corrected chi connectivity index (χ3v) is 4.83. The van der Waals surface area contributed by atoms with Crippen molar-refractivity contribution in [3.63, 3.8) is 0 Å². The van der Waals surface area contributed by atoms with Crippen LogP contribution in [-0.4, -0.2) is 23.8 Å². The molecule has 2 aromatic carbocycles. The highest BCUT2D eigenvalue weighted by Crippen LogP contribution is 2.31. The van der Waals surface area contributed by atoms with Gasteiger partial charge in [0.25, 0.3) is 0 Å². The summed E-state index contributed by atoms with van der Waals surface area (Å²) in [5.41, 5.74) is 7.29. The number of hydrogen-bond donors (Lipinski definition) is 2. The lowest BCUT2D eigenvalue weighted by atomic mass is 10.1. The Hall–Kier alpha value is -2.90. The molecule has 0 radical (unpaired) electrons. The first-order valence-corrected chi connectivity index (χ1v) is 8.70. The number of aromatic nitrogens is 1. The molecule has 0 atom stereocenters. The standard InChI is InChI=1S/C18H14ClN3O3S/c1-25-17(24)10-5-4-6-11(9-10)21-18-22-16(20)15(26-18)14(23)12-7-2-3-8-13(12)19/h2-9H,20H2,1H3,(H,21,22). The van der Waals surface area contributed by atoms with Crippen LogP contribution in [0.1, 0.15) is 25.6 Å². The summed E-state index contributed by atoms with van der Waals surface area (Å²) >= 11 is 7.20. The lowest BCUT2D eigenvalue weighted by molar-refractivity contribution is 0.0600. The second kappa shape index (κ2) is 7.55. The molecule has 0 fully saturated rings. The van der Waals surface area contributed by atoms with E-state index in [1.165, 1.54) is 7.11 Å². The van der Waals surface area contributed by atoms with Crippen molar-refractivity contribution in [3.8, 4) is 0 Å². The molecule has 3 N–H and O–H groups in total. The van der Waals surface area contributed by atoms with Crippen LogP contribution in [0.3, 0.4) is 0 Å². The summed E-state index contributed by atoms with van der Waals surface area (Å²) in [5.74, 6) is -0.615. The molecule has 0 aliphatic carbocycles. The number of benzene rings is 2. The maximum Gasteiger partial charge on any atom is 0.337 e. The maximum absolute atomic E-state index is 12.7. The number of nitrogens with one attached hydrogen (secondary N) is 1. The van der Waals surface area contributed by atoms with Crippen molar-refractivity contribution in [2.24, 2.45) is 0 Å². The summed E-state index contributed by atoms with van der Waals surface area (Å²) in [6, 6.07) is 13.5. The van der Waals surface area contributed by atoms with Gasteiger partial charge in [-0.1, -0.05) is 41.1 Å². The maximum atomic E-state index is 12.7. The van der Waals surface area contributed by atoms with Crippen molar-refractivity contribution in [2.75, 3.05) is 18.2 Å². The predicted molar refractivity (Wildman–Crippen MR) is 102 cm³/mol. The average Bonchev–Trinajstić information content (AvgIpc) is 3.01. The van der Waals surface area contributed by atoms with E-state index in [0.29, 0.717) is 31.8 Å². The molecule has 0 saturated carbocycles. The van der Waals surface area contributed by atoms with Crippen molar-refractivity contribution < 1.29 is 14.3 Å². The van der Waals surface area contributed by atoms with Gasteiger partial charge >= 0.3 is 5.97 Å². The molecule has 132 valence electrons. The molecule has 6 nitrogen and oxygen atoms in total. The van der Waals surface area contributed by atoms with Crippen molar-refractivity contribution in [1.29, 1.82) is 0 Å². The Balaban J connectivity index is 1.86. The lowest BCUT2D eigenvalue weighted by Crippen LogP contribution is -2.03. The van der Waals surface area contributed by atoms with Crippen molar-refractivity contribution in [3.05, 3.63) is 69.6 Å². The van der Waals surface area contributed by atoms with E-state index in [0.717, 1.165) is 11.3 Å². The summed E-state index contributed by atoms with van der Waals surface area (Å²) in [4.78, 5) is 28.7. The summed E-state index contributed by atoms with van der Waals surface area (Å²) in [6.45, 7) is 0. The Morgan fingerprint density at radius 1 is 1.19 bits per heavy atom. The van der Waals surface area contributed by atoms with Crippen LogP contribution in [0.2, 0.25) is 5.02 Å². The number of esters is 1. The minimum atomic E-state index is -0.443. The van der Waals surface area contributed by atoms with Gasteiger partial charge in [-0.25, -0.2) is 9.78 Å². The minimum absolute atomic E-state index is 0.117. The number of thiazole rings is 1. The van der Waals surface area contributed by atoms with Gasteiger partial charge in [0.2, 0.25) is 5.78 Å². The van der Waals surface area contributed by atoms with E-state index in [9.17, 15) is 9.59 Å². The molecule has 3 aromatic rings. The first-order chi connectivity index (χ1) is 12.5. The zero-order chi connectivity index (χ0) is 18.7. The normalized spacial score (nSPS) is 10.4. The zero-order valence-corrected chi connectivity index (χ0v) is 15.2. The molecule has 1 aromatic heterocycles. The smallest absolute Gasteiger partial charge is 0.337 e. The molecule has 8 heteroatoms. The van der Waals surface area contributed by atoms with Crippen LogP contribution in [0.15, 0.2) is 48.5 Å². The SMILES string of the molecule is COC(=O)c1cccc(Nc2nc(N)c(C(=O)c3ccccc3Cl)s2)c1. The minimum Gasteiger partial charge on any atom is -0.465 e. The van der Waals surface area contributed by atoms with E-state index >= 15 is 0 Å². The van der Waals surface area contributed by atoms with Gasteiger partial charge in [-0.05, 0) is 30.3 Å². The van der Waals surface area contributed by atoms with Crippen LogP contribution in [0.25, 0.3) is 0 Å². The second-order valence-corrected chi connectivity index (χ2v) is 6.65. The highest BCUT2D eigenvalue weighted by molar-refractivity contribution is 7.18. The topological polar surface area (TPSA) is 94.3 Å². The monoisotopic (exact) mass is 387 g/mol. The van der Waals surface area contributed by atoms with Gasteiger partial charge in [-0.3, -0.25) is 4.79 Å². The first kappa shape index (κ1) is 17.9. The number of halogens is 1. The Kier molecular flexibility index (Phi) is 5.20. The van der Waals surface area contributed by atoms with E-state index in [1.54, 1.807) is 48.5 Å². The Bertz CT molecular complexity index is 987. The summed E-state index contributed by atoms with van der Waals surface area (Å²) in [7, 11) is 1.32. The van der Waals surface area contributed by atoms with E-state index in [-0.39, 0.29) is 11.6 Å². The molecule has 0 unspecified atom stereocenters. The fourth-order valence-electron chi connectivity index (χ4n) is 2.28. The molecular weight excluding hydrogens is 374 g/mol. The molecule has 0 amide bonds. The Morgan fingerprint density at radius 3 is 2.69 bits per heavy atom. The molecule has 3 rings (SSSR count). The van der Waals surface area contributed by atoms with Crippen molar-refractivity contribution in [1.82, 2.24) is 4.98 Å². The summed E-state index contributed by atoms with van der Waals surface area (Å²) in [5, 5.41) is 3.82. The van der Waals surface area contributed by atoms with Gasteiger partial charge in [0, 0.05) is 11.3 Å². The largest absolute Gasteiger partial charge is 0.465 e. The highest BCUT2D eigenvalue weighted by Gasteiger charge is 2.20. The number of methoxy groups -OCH3 is 1. The van der Waals surface area contributed by atoms with Gasteiger partial charge in [-0.2, -0.15) is 0 Å². The number of nitrogen functional groups attached to an aromatic ring is 1. The number of hydrogen-bond acceptors (Lipinski definition) is 7. The Morgan fingerprint density at radius 2 is 1.96 bits per heavy atom. The highest BCUT2D eigenvalue weighted by atomic mass is 35.5. The van der Waals surface area contributed by atoms with Gasteiger partial charge < -0.3 is 15.8 Å². The number of carbonyl (C=O) groups excluding carboxylic acids is 2. The lowest BCUT2D eigenvalue weighted by Gasteiger charge is -2.04. The van der Waals surface area contributed by atoms with E-state index in [4.69, 9.17) is 22.1 Å². The van der Waals surface area contributed by atoms with Gasteiger partial charge in [0.1, 0.15) is 10.7 Å². The van der Waals surface area contributed by atoms with Crippen LogP contribution < -0.4 is 11.1 Å². The fraction of sp³-hybridized carbons (Fsp3) is 0.0556. The van der Waals surface area contributed by atoms with Crippen LogP contribution in [0.5, 0.6) is 0 Å². The zero-order valence-electron chi connectivity index (χ0n) is 13.7. The Labute approximate surface area is 158 Å². The van der Waals surface area contributed by atoms with Gasteiger partial charge in [0.15, 0.2) is 5.13 Å². The number of carbonyl (C=O) groups is 2. The summed E-state index contributed by atoms with van der Waals surface area (Å²) < 4.78 is 4.70. The van der Waals surface area contributed by atoms with E-state index in [2.05, 4.69) is 10.3 Å². The number of ether oxygens (including phenoxy) is 1. The molecule has 26 heavy (non-hydrogen) atoms. The predicted octanol–water partition coefficient (Wildman–Crippen LogP) is 4.14. The molecule has 0 saturated heterocycles. The van der Waals surface area contributed by atoms with Crippen LogP contribution in [-0.2, 0) is 4.74 Å². The molecule has 0 aliphatic heterocycles. The fourth-order valence-corrected chi connectivity index (χ4v) is 3.36. The van der Waals surface area contributed by atoms with Gasteiger partial charge in [-0.15, -0.1) is 0 Å². The quantitative estimate of drug-likeness (QED) is 0.504. The van der Waals surface area contributed by atoms with Crippen molar-refractivity contribution >= 4 is 51.3 Å². The van der Waals surface area contributed by atoms with E-state index in [1.807, 2.05) is 0 Å². The number of anilines is 3. The number of ketones is 1. The molecular formula is C18H14ClN3O3S. The number of nitrogens with zero attached hydrogens (tertiary/aromatic N) is 1. The third kappa shape index (κ3) is 3.68. The van der Waals surface area contributed by atoms with E-state index < -0.39 is 5.97 Å². The second-order valence-electron chi connectivity index (χ2n) is 5.24. The molecule has 0 aliphatic rings. The van der Waals surface area contributed by atoms with Crippen LogP contribution in [0, 0.1) is 0 Å². The molecule has 0 spiro atoms. The van der Waals surface area contributed by atoms with Gasteiger partial charge in [0.05, 0.1) is 17.7 Å². The van der Waals surface area contributed by atoms with Crippen molar-refractivity contribution in [2.45, 2.75) is 0 Å². The van der Waals surface area contributed by atoms with Crippen LogP contribution >= 0.6 is 22.9 Å². The molecule has 1 heterocycles. The number of nitrogens with two attached hydrogens (primary N) is 1. The number of rotatable bonds is 5. The van der Waals surface area contributed by atoms with Crippen LogP contribution in [0.4, 0.5) is 16.6 Å². The first-order valence-electron chi connectivity index (χ1n) is 7.50.